The van der Waals surface area contributed by atoms with Crippen LogP contribution in [-0.4, -0.2) is 87.9 Å². The minimum atomic E-state index is -1.13. The van der Waals surface area contributed by atoms with Crippen molar-refractivity contribution in [3.05, 3.63) is 54.0 Å². The lowest BCUT2D eigenvalue weighted by Gasteiger charge is -2.39. The molecule has 2 atom stereocenters. The van der Waals surface area contributed by atoms with Gasteiger partial charge in [-0.2, -0.15) is 15.2 Å². The highest BCUT2D eigenvalue weighted by Gasteiger charge is 2.33. The van der Waals surface area contributed by atoms with Crippen molar-refractivity contribution in [1.82, 2.24) is 24.8 Å². The van der Waals surface area contributed by atoms with Gasteiger partial charge in [0.05, 0.1) is 23.9 Å². The Morgan fingerprint density at radius 2 is 1.95 bits per heavy atom. The molecule has 0 aliphatic carbocycles. The normalized spacial score (nSPS) is 19.2. The average molecular weight is 592 g/mol. The Hall–Kier alpha value is -4.70. The van der Waals surface area contributed by atoms with E-state index >= 15 is 4.39 Å². The van der Waals surface area contributed by atoms with Gasteiger partial charge in [0.1, 0.15) is 23.6 Å². The summed E-state index contributed by atoms with van der Waals surface area (Å²) in [4.78, 5) is 30.3. The average Bonchev–Trinajstić information content (AvgIpc) is 3.42. The van der Waals surface area contributed by atoms with Gasteiger partial charge in [-0.05, 0) is 37.9 Å². The van der Waals surface area contributed by atoms with Crippen molar-refractivity contribution in [2.45, 2.75) is 31.3 Å². The predicted molar refractivity (Wildman–Crippen MR) is 152 cm³/mol. The topological polar surface area (TPSA) is 119 Å². The summed E-state index contributed by atoms with van der Waals surface area (Å²) >= 11 is 0. The van der Waals surface area contributed by atoms with Gasteiger partial charge in [0.25, 0.3) is 0 Å². The molecule has 2 aromatic carbocycles. The lowest BCUT2D eigenvalue weighted by atomic mass is 10.00. The summed E-state index contributed by atoms with van der Waals surface area (Å²) in [5.41, 5.74) is -0.281. The summed E-state index contributed by atoms with van der Waals surface area (Å²) in [6.45, 7) is 1.66. The SMILES string of the molecule is CN1CCC[C@H]1COc1nc(N2CCN(C(=O)O)[C@@H](CC#N)C2)c2cnc(-c3cccc4ccc(F)c(F)c34)c(F)c2n1. The van der Waals surface area contributed by atoms with Gasteiger partial charge in [-0.1, -0.05) is 24.3 Å². The number of hydrogen-bond acceptors (Lipinski definition) is 8. The van der Waals surface area contributed by atoms with E-state index in [1.54, 1.807) is 17.0 Å². The van der Waals surface area contributed by atoms with E-state index in [4.69, 9.17) is 4.74 Å². The first kappa shape index (κ1) is 28.4. The lowest BCUT2D eigenvalue weighted by molar-refractivity contribution is 0.119. The summed E-state index contributed by atoms with van der Waals surface area (Å²) in [7, 11) is 1.99. The third kappa shape index (κ3) is 5.23. The summed E-state index contributed by atoms with van der Waals surface area (Å²) in [6.07, 6.45) is 2.15. The predicted octanol–water partition coefficient (Wildman–Crippen LogP) is 4.82. The highest BCUT2D eigenvalue weighted by Crippen LogP contribution is 2.36. The molecule has 0 spiro atoms. The number of carbonyl (C=O) groups is 1. The Morgan fingerprint density at radius 3 is 2.70 bits per heavy atom. The van der Waals surface area contributed by atoms with Crippen LogP contribution in [0, 0.1) is 28.8 Å². The number of anilines is 1. The minimum Gasteiger partial charge on any atom is -0.465 e. The van der Waals surface area contributed by atoms with Gasteiger partial charge in [0, 0.05) is 42.8 Å². The van der Waals surface area contributed by atoms with Gasteiger partial charge in [0.15, 0.2) is 17.5 Å². The first-order valence-electron chi connectivity index (χ1n) is 13.9. The van der Waals surface area contributed by atoms with Crippen molar-refractivity contribution in [2.24, 2.45) is 0 Å². The van der Waals surface area contributed by atoms with E-state index in [2.05, 4.69) is 19.9 Å². The number of nitrogens with zero attached hydrogens (tertiary/aromatic N) is 7. The van der Waals surface area contributed by atoms with Crippen molar-refractivity contribution in [3.8, 4) is 23.3 Å². The number of nitriles is 1. The van der Waals surface area contributed by atoms with Crippen LogP contribution in [0.25, 0.3) is 32.9 Å². The fourth-order valence-corrected chi connectivity index (χ4v) is 5.96. The van der Waals surface area contributed by atoms with Crippen LogP contribution in [0.15, 0.2) is 36.5 Å². The summed E-state index contributed by atoms with van der Waals surface area (Å²) in [6, 6.07) is 8.55. The number of hydrogen-bond donors (Lipinski definition) is 1. The number of fused-ring (bicyclic) bond motifs is 2. The molecule has 222 valence electrons. The Balaban J connectivity index is 1.48. The number of carboxylic acid groups (broad SMARTS) is 1. The maximum atomic E-state index is 16.4. The molecule has 4 heterocycles. The Bertz CT molecular complexity index is 1770. The van der Waals surface area contributed by atoms with Gasteiger partial charge in [-0.3, -0.25) is 4.98 Å². The Kier molecular flexibility index (Phi) is 7.62. The Labute approximate surface area is 244 Å². The number of halogens is 3. The van der Waals surface area contributed by atoms with Crippen LogP contribution >= 0.6 is 0 Å². The third-order valence-corrected chi connectivity index (χ3v) is 8.26. The highest BCUT2D eigenvalue weighted by atomic mass is 19.2. The van der Waals surface area contributed by atoms with Gasteiger partial charge < -0.3 is 24.5 Å². The van der Waals surface area contributed by atoms with Crippen LogP contribution in [0.5, 0.6) is 6.01 Å². The smallest absolute Gasteiger partial charge is 0.407 e. The first-order chi connectivity index (χ1) is 20.8. The van der Waals surface area contributed by atoms with E-state index in [0.29, 0.717) is 5.39 Å². The second-order valence-corrected chi connectivity index (χ2v) is 10.8. The molecule has 2 fully saturated rings. The van der Waals surface area contributed by atoms with Gasteiger partial charge in [0.2, 0.25) is 0 Å². The number of ether oxygens (including phenoxy) is 1. The van der Waals surface area contributed by atoms with Crippen LogP contribution in [0.4, 0.5) is 23.8 Å². The molecule has 1 N–H and O–H groups in total. The first-order valence-corrected chi connectivity index (χ1v) is 13.9. The lowest BCUT2D eigenvalue weighted by Crippen LogP contribution is -2.55. The van der Waals surface area contributed by atoms with E-state index in [0.717, 1.165) is 25.5 Å². The van der Waals surface area contributed by atoms with E-state index in [9.17, 15) is 23.9 Å². The van der Waals surface area contributed by atoms with Crippen molar-refractivity contribution in [2.75, 3.05) is 44.7 Å². The zero-order chi connectivity index (χ0) is 30.2. The maximum absolute atomic E-state index is 16.4. The molecular formula is C30H28F3N7O3. The standard InChI is InChI=1S/C30H28F3N7O3/c1-38-11-3-5-19(38)16-43-29-36-27-21(28(37-29)39-12-13-40(30(41)42)18(15-39)9-10-34)14-35-26(25(27)33)20-6-2-4-17-7-8-22(31)24(32)23(17)20/h2,4,6-8,14,18-19H,3,5,9,11-13,15-16H2,1H3,(H,41,42)/t18-,19-/m0/s1. The third-order valence-electron chi connectivity index (χ3n) is 8.26. The maximum Gasteiger partial charge on any atom is 0.407 e. The fraction of sp³-hybridized carbons (Fsp3) is 0.367. The second kappa shape index (κ2) is 11.5. The number of likely N-dealkylation sites (tertiary alicyclic amines) is 1. The van der Waals surface area contributed by atoms with E-state index < -0.39 is 29.6 Å². The minimum absolute atomic E-state index is 0.0385. The molecular weight excluding hydrogens is 563 g/mol. The van der Waals surface area contributed by atoms with Crippen LogP contribution in [-0.2, 0) is 0 Å². The van der Waals surface area contributed by atoms with Crippen molar-refractivity contribution < 1.29 is 27.8 Å². The van der Waals surface area contributed by atoms with E-state index in [1.165, 1.54) is 23.2 Å². The van der Waals surface area contributed by atoms with Crippen molar-refractivity contribution >= 4 is 33.6 Å². The van der Waals surface area contributed by atoms with Crippen LogP contribution < -0.4 is 9.64 Å². The molecule has 4 aromatic rings. The molecule has 1 amide bonds. The quantitative estimate of drug-likeness (QED) is 0.337. The fourth-order valence-electron chi connectivity index (χ4n) is 5.96. The zero-order valence-corrected chi connectivity index (χ0v) is 23.3. The summed E-state index contributed by atoms with van der Waals surface area (Å²) < 4.78 is 51.6. The molecule has 2 aromatic heterocycles. The number of pyridine rings is 1. The summed E-state index contributed by atoms with van der Waals surface area (Å²) in [5.74, 6) is -2.76. The molecule has 6 rings (SSSR count). The molecule has 0 saturated carbocycles. The molecule has 0 unspecified atom stereocenters. The molecule has 0 bridgehead atoms. The molecule has 2 aliphatic heterocycles. The number of piperazine rings is 1. The number of amides is 1. The van der Waals surface area contributed by atoms with Gasteiger partial charge in [-0.15, -0.1) is 0 Å². The highest BCUT2D eigenvalue weighted by molar-refractivity contribution is 5.99. The zero-order valence-electron chi connectivity index (χ0n) is 23.3. The molecule has 2 aliphatic rings. The van der Waals surface area contributed by atoms with E-state index in [-0.39, 0.29) is 78.1 Å². The van der Waals surface area contributed by atoms with Crippen LogP contribution in [0.2, 0.25) is 0 Å². The monoisotopic (exact) mass is 591 g/mol. The largest absolute Gasteiger partial charge is 0.465 e. The number of benzene rings is 2. The van der Waals surface area contributed by atoms with Crippen molar-refractivity contribution in [1.29, 1.82) is 5.26 Å². The molecule has 43 heavy (non-hydrogen) atoms. The molecule has 10 nitrogen and oxygen atoms in total. The van der Waals surface area contributed by atoms with Crippen LogP contribution in [0.3, 0.4) is 0 Å². The van der Waals surface area contributed by atoms with Crippen molar-refractivity contribution in [3.63, 3.8) is 0 Å². The van der Waals surface area contributed by atoms with Gasteiger partial charge >= 0.3 is 12.1 Å². The number of likely N-dealkylation sites (N-methyl/N-ethyl adjacent to an activating group) is 1. The molecule has 2 saturated heterocycles. The Morgan fingerprint density at radius 1 is 1.12 bits per heavy atom. The van der Waals surface area contributed by atoms with Crippen LogP contribution in [0.1, 0.15) is 19.3 Å². The molecule has 0 radical (unpaired) electrons. The number of aromatic nitrogens is 3. The summed E-state index contributed by atoms with van der Waals surface area (Å²) in [5, 5.41) is 19.5. The molecule has 13 heteroatoms. The van der Waals surface area contributed by atoms with Gasteiger partial charge in [-0.25, -0.2) is 18.0 Å². The number of rotatable bonds is 6. The second-order valence-electron chi connectivity index (χ2n) is 10.8. The van der Waals surface area contributed by atoms with E-state index in [1.807, 2.05) is 13.1 Å².